The molecule has 0 unspecified atom stereocenters. The predicted molar refractivity (Wildman–Crippen MR) is 107 cm³/mol. The maximum Gasteiger partial charge on any atom is 0.239 e. The molecule has 1 aromatic carbocycles. The third-order valence-electron chi connectivity index (χ3n) is 3.96. The summed E-state index contributed by atoms with van der Waals surface area (Å²) in [6, 6.07) is 3.80. The number of benzene rings is 1. The van der Waals surface area contributed by atoms with Gasteiger partial charge in [0.15, 0.2) is 5.82 Å². The number of rotatable bonds is 3. The maximum absolute atomic E-state index is 12.2. The number of halogens is 1. The van der Waals surface area contributed by atoms with E-state index in [-0.39, 0.29) is 5.91 Å². The Morgan fingerprint density at radius 1 is 1.20 bits per heavy atom. The van der Waals surface area contributed by atoms with Crippen LogP contribution in [-0.2, 0) is 11.8 Å². The standard InChI is InChI=1S/C15H19ClN4O.2C2H6/c1-10-5-6-11(16)13-14(10)19(2)18-15(13)17-12(21)9-20-7-3-4-8-20;2*1-2/h5-6H,3-4,7-9H2,1-2H3,(H,17,18,21);2*1-2H3. The van der Waals surface area contributed by atoms with Crippen LogP contribution in [0.15, 0.2) is 12.1 Å². The first-order valence-electron chi connectivity index (χ1n) is 9.20. The summed E-state index contributed by atoms with van der Waals surface area (Å²) in [7, 11) is 1.86. The van der Waals surface area contributed by atoms with Crippen molar-refractivity contribution in [3.05, 3.63) is 22.7 Å². The largest absolute Gasteiger partial charge is 0.308 e. The fourth-order valence-electron chi connectivity index (χ4n) is 2.97. The number of carbonyl (C=O) groups is 1. The third kappa shape index (κ3) is 5.19. The number of likely N-dealkylation sites (tertiary alicyclic amines) is 1. The zero-order valence-corrected chi connectivity index (χ0v) is 17.1. The van der Waals surface area contributed by atoms with Gasteiger partial charge in [-0.05, 0) is 44.5 Å². The average molecular weight is 367 g/mol. The first-order chi connectivity index (χ1) is 12.1. The van der Waals surface area contributed by atoms with Gasteiger partial charge < -0.3 is 5.32 Å². The van der Waals surface area contributed by atoms with Crippen molar-refractivity contribution in [3.8, 4) is 0 Å². The Labute approximate surface area is 156 Å². The van der Waals surface area contributed by atoms with Crippen LogP contribution in [0.25, 0.3) is 10.9 Å². The van der Waals surface area contributed by atoms with Crippen LogP contribution in [0.4, 0.5) is 5.82 Å². The van der Waals surface area contributed by atoms with E-state index in [1.807, 2.05) is 53.8 Å². The molecule has 3 rings (SSSR count). The van der Waals surface area contributed by atoms with Crippen LogP contribution in [-0.4, -0.2) is 40.2 Å². The Balaban J connectivity index is 0.000000730. The van der Waals surface area contributed by atoms with Crippen LogP contribution in [0.2, 0.25) is 5.02 Å². The van der Waals surface area contributed by atoms with Crippen LogP contribution in [0.3, 0.4) is 0 Å². The number of amides is 1. The number of hydrogen-bond acceptors (Lipinski definition) is 3. The van der Waals surface area contributed by atoms with Crippen LogP contribution in [0, 0.1) is 6.92 Å². The van der Waals surface area contributed by atoms with Crippen molar-refractivity contribution in [2.24, 2.45) is 7.05 Å². The van der Waals surface area contributed by atoms with Crippen molar-refractivity contribution in [1.82, 2.24) is 14.7 Å². The monoisotopic (exact) mass is 366 g/mol. The van der Waals surface area contributed by atoms with Crippen molar-refractivity contribution in [2.45, 2.75) is 47.5 Å². The lowest BCUT2D eigenvalue weighted by atomic mass is 10.1. The van der Waals surface area contributed by atoms with Gasteiger partial charge in [0.1, 0.15) is 0 Å². The van der Waals surface area contributed by atoms with Gasteiger partial charge in [-0.25, -0.2) is 0 Å². The summed E-state index contributed by atoms with van der Waals surface area (Å²) in [6.45, 7) is 12.4. The molecule has 1 N–H and O–H groups in total. The van der Waals surface area contributed by atoms with Gasteiger partial charge in [0.2, 0.25) is 5.91 Å². The SMILES string of the molecule is CC.CC.Cc1ccc(Cl)c2c(NC(=O)CN3CCCC3)nn(C)c12. The molecular formula is C19H31ClN4O. The minimum atomic E-state index is -0.0329. The quantitative estimate of drug-likeness (QED) is 0.862. The summed E-state index contributed by atoms with van der Waals surface area (Å²) in [5, 5.41) is 8.74. The summed E-state index contributed by atoms with van der Waals surface area (Å²) in [5.41, 5.74) is 2.04. The number of aromatic nitrogens is 2. The summed E-state index contributed by atoms with van der Waals surface area (Å²) in [5.74, 6) is 0.514. The Morgan fingerprint density at radius 2 is 1.80 bits per heavy atom. The molecule has 140 valence electrons. The predicted octanol–water partition coefficient (Wildman–Crippen LogP) is 4.62. The minimum absolute atomic E-state index is 0.0329. The molecule has 0 aliphatic carbocycles. The van der Waals surface area contributed by atoms with Crippen LogP contribution >= 0.6 is 11.6 Å². The molecule has 2 aromatic rings. The topological polar surface area (TPSA) is 50.2 Å². The Kier molecular flexibility index (Phi) is 8.93. The summed E-state index contributed by atoms with van der Waals surface area (Å²) in [4.78, 5) is 14.3. The van der Waals surface area contributed by atoms with Gasteiger partial charge in [-0.1, -0.05) is 45.4 Å². The summed E-state index contributed by atoms with van der Waals surface area (Å²) >= 11 is 6.29. The minimum Gasteiger partial charge on any atom is -0.308 e. The summed E-state index contributed by atoms with van der Waals surface area (Å²) < 4.78 is 1.77. The lowest BCUT2D eigenvalue weighted by Crippen LogP contribution is -2.31. The highest BCUT2D eigenvalue weighted by atomic mass is 35.5. The molecule has 0 saturated carbocycles. The van der Waals surface area contributed by atoms with E-state index in [1.165, 1.54) is 12.8 Å². The number of carbonyl (C=O) groups excluding carboxylic acids is 1. The second-order valence-electron chi connectivity index (χ2n) is 5.59. The Bertz CT molecular complexity index is 690. The number of hydrogen-bond donors (Lipinski definition) is 1. The van der Waals surface area contributed by atoms with Gasteiger partial charge in [-0.15, -0.1) is 0 Å². The van der Waals surface area contributed by atoms with E-state index in [2.05, 4.69) is 15.3 Å². The molecule has 1 aliphatic heterocycles. The number of aryl methyl sites for hydroxylation is 2. The molecule has 1 fully saturated rings. The van der Waals surface area contributed by atoms with Crippen molar-refractivity contribution < 1.29 is 4.79 Å². The molecular weight excluding hydrogens is 336 g/mol. The molecule has 0 radical (unpaired) electrons. The summed E-state index contributed by atoms with van der Waals surface area (Å²) in [6.07, 6.45) is 2.34. The fourth-order valence-corrected chi connectivity index (χ4v) is 3.21. The lowest BCUT2D eigenvalue weighted by Gasteiger charge is -2.13. The average Bonchev–Trinajstić information content (AvgIpc) is 3.23. The van der Waals surface area contributed by atoms with Gasteiger partial charge in [0.25, 0.3) is 0 Å². The Morgan fingerprint density at radius 3 is 2.40 bits per heavy atom. The Hall–Kier alpha value is -1.59. The van der Waals surface area contributed by atoms with Crippen molar-refractivity contribution in [1.29, 1.82) is 0 Å². The fraction of sp³-hybridized carbons (Fsp3) is 0.579. The van der Waals surface area contributed by atoms with Gasteiger partial charge in [0.05, 0.1) is 22.5 Å². The second-order valence-corrected chi connectivity index (χ2v) is 6.00. The van der Waals surface area contributed by atoms with Crippen molar-refractivity contribution in [2.75, 3.05) is 25.0 Å². The maximum atomic E-state index is 12.2. The molecule has 1 saturated heterocycles. The normalized spacial score (nSPS) is 13.7. The van der Waals surface area contributed by atoms with E-state index < -0.39 is 0 Å². The zero-order valence-electron chi connectivity index (χ0n) is 16.3. The highest BCUT2D eigenvalue weighted by Gasteiger charge is 2.19. The molecule has 6 heteroatoms. The molecule has 2 heterocycles. The van der Waals surface area contributed by atoms with E-state index in [9.17, 15) is 4.79 Å². The molecule has 1 aliphatic rings. The molecule has 1 aromatic heterocycles. The lowest BCUT2D eigenvalue weighted by molar-refractivity contribution is -0.117. The molecule has 0 spiro atoms. The highest BCUT2D eigenvalue weighted by Crippen LogP contribution is 2.31. The van der Waals surface area contributed by atoms with Crippen molar-refractivity contribution >= 4 is 34.2 Å². The smallest absolute Gasteiger partial charge is 0.239 e. The van der Waals surface area contributed by atoms with Gasteiger partial charge >= 0.3 is 0 Å². The number of anilines is 1. The number of nitrogens with one attached hydrogen (secondary N) is 1. The zero-order chi connectivity index (χ0) is 19.0. The number of nitrogens with zero attached hydrogens (tertiary/aromatic N) is 3. The molecule has 1 amide bonds. The van der Waals surface area contributed by atoms with Gasteiger partial charge in [-0.2, -0.15) is 5.10 Å². The third-order valence-corrected chi connectivity index (χ3v) is 4.28. The van der Waals surface area contributed by atoms with Crippen LogP contribution in [0.5, 0.6) is 0 Å². The van der Waals surface area contributed by atoms with E-state index in [0.29, 0.717) is 17.4 Å². The molecule has 0 atom stereocenters. The van der Waals surface area contributed by atoms with Gasteiger partial charge in [-0.3, -0.25) is 14.4 Å². The van der Waals surface area contributed by atoms with E-state index >= 15 is 0 Å². The van der Waals surface area contributed by atoms with Crippen LogP contribution < -0.4 is 5.32 Å². The molecule has 0 bridgehead atoms. The molecule has 25 heavy (non-hydrogen) atoms. The number of fused-ring (bicyclic) bond motifs is 1. The van der Waals surface area contributed by atoms with E-state index in [4.69, 9.17) is 11.6 Å². The highest BCUT2D eigenvalue weighted by molar-refractivity contribution is 6.36. The van der Waals surface area contributed by atoms with E-state index in [1.54, 1.807) is 4.68 Å². The van der Waals surface area contributed by atoms with Crippen molar-refractivity contribution in [3.63, 3.8) is 0 Å². The second kappa shape index (κ2) is 10.4. The first kappa shape index (κ1) is 21.5. The van der Waals surface area contributed by atoms with Crippen LogP contribution in [0.1, 0.15) is 46.1 Å². The van der Waals surface area contributed by atoms with E-state index in [0.717, 1.165) is 29.6 Å². The molecule has 5 nitrogen and oxygen atoms in total. The van der Waals surface area contributed by atoms with Gasteiger partial charge in [0, 0.05) is 7.05 Å². The first-order valence-corrected chi connectivity index (χ1v) is 9.58.